The van der Waals surface area contributed by atoms with E-state index in [-0.39, 0.29) is 26.9 Å². The highest BCUT2D eigenvalue weighted by atomic mass is 35.5. The zero-order valence-electron chi connectivity index (χ0n) is 18.1. The molecule has 168 valence electrons. The molecule has 5 rings (SSSR count). The Morgan fingerprint density at radius 1 is 1.12 bits per heavy atom. The van der Waals surface area contributed by atoms with Crippen molar-refractivity contribution in [2.24, 2.45) is 5.41 Å². The second-order valence-corrected chi connectivity index (χ2v) is 11.7. The molecule has 8 heteroatoms. The minimum Gasteiger partial charge on any atom is -0.349 e. The maximum absolute atomic E-state index is 13.8. The summed E-state index contributed by atoms with van der Waals surface area (Å²) >= 11 is 6.20. The van der Waals surface area contributed by atoms with E-state index >= 15 is 0 Å². The van der Waals surface area contributed by atoms with Crippen molar-refractivity contribution in [1.29, 1.82) is 0 Å². The predicted octanol–water partition coefficient (Wildman–Crippen LogP) is 4.14. The number of halogens is 1. The topological polar surface area (TPSA) is 91.1 Å². The summed E-state index contributed by atoms with van der Waals surface area (Å²) in [5.74, 6) is -0.397. The van der Waals surface area contributed by atoms with Crippen LogP contribution in [0.25, 0.3) is 10.9 Å². The molecule has 2 aromatic carbocycles. The molecule has 0 atom stereocenters. The number of aryl methyl sites for hydroxylation is 2. The number of benzene rings is 2. The number of fused-ring (bicyclic) bond motifs is 1. The van der Waals surface area contributed by atoms with Crippen LogP contribution in [0.5, 0.6) is 0 Å². The quantitative estimate of drug-likeness (QED) is 0.533. The number of amides is 1. The Balaban J connectivity index is 1.56. The number of nitrogens with one attached hydrogen (secondary N) is 3. The average molecular weight is 472 g/mol. The molecule has 0 radical (unpaired) electrons. The van der Waals surface area contributed by atoms with E-state index in [2.05, 4.69) is 15.6 Å². The fraction of sp³-hybridized carbons (Fsp3) is 0.375. The van der Waals surface area contributed by atoms with Gasteiger partial charge < -0.3 is 15.6 Å². The van der Waals surface area contributed by atoms with Gasteiger partial charge in [-0.25, -0.2) is 8.42 Å². The molecule has 1 saturated heterocycles. The van der Waals surface area contributed by atoms with Crippen LogP contribution < -0.4 is 10.6 Å². The molecule has 2 heterocycles. The van der Waals surface area contributed by atoms with Crippen molar-refractivity contribution in [2.45, 2.75) is 48.9 Å². The van der Waals surface area contributed by atoms with Crippen LogP contribution in [0.3, 0.4) is 0 Å². The van der Waals surface area contributed by atoms with E-state index in [0.717, 1.165) is 43.5 Å². The molecule has 2 aliphatic rings. The molecular formula is C24H26ClN3O3S. The molecule has 0 bridgehead atoms. The van der Waals surface area contributed by atoms with Crippen LogP contribution in [0.4, 0.5) is 0 Å². The molecule has 1 aromatic heterocycles. The predicted molar refractivity (Wildman–Crippen MR) is 125 cm³/mol. The Morgan fingerprint density at radius 3 is 2.50 bits per heavy atom. The zero-order valence-corrected chi connectivity index (χ0v) is 19.7. The lowest BCUT2D eigenvalue weighted by Crippen LogP contribution is -2.51. The summed E-state index contributed by atoms with van der Waals surface area (Å²) in [6, 6.07) is 10.2. The van der Waals surface area contributed by atoms with Gasteiger partial charge in [0.1, 0.15) is 10.6 Å². The number of aromatic nitrogens is 1. The normalized spacial score (nSPS) is 22.9. The van der Waals surface area contributed by atoms with E-state index in [0.29, 0.717) is 15.9 Å². The number of sulfone groups is 1. The zero-order chi connectivity index (χ0) is 22.7. The van der Waals surface area contributed by atoms with Crippen molar-refractivity contribution in [3.05, 3.63) is 58.2 Å². The number of rotatable bonds is 4. The van der Waals surface area contributed by atoms with E-state index in [1.165, 1.54) is 0 Å². The molecule has 1 aliphatic carbocycles. The third-order valence-electron chi connectivity index (χ3n) is 6.74. The summed E-state index contributed by atoms with van der Waals surface area (Å²) in [5, 5.41) is 7.27. The highest BCUT2D eigenvalue weighted by Crippen LogP contribution is 2.46. The van der Waals surface area contributed by atoms with Gasteiger partial charge in [0.05, 0.1) is 4.90 Å². The van der Waals surface area contributed by atoms with Crippen LogP contribution in [-0.2, 0) is 9.84 Å². The summed E-state index contributed by atoms with van der Waals surface area (Å²) in [4.78, 5) is 16.5. The van der Waals surface area contributed by atoms with Gasteiger partial charge in [-0.1, -0.05) is 17.7 Å². The Labute approximate surface area is 192 Å². The van der Waals surface area contributed by atoms with Gasteiger partial charge in [-0.05, 0) is 86.5 Å². The molecule has 1 saturated carbocycles. The fourth-order valence-electron chi connectivity index (χ4n) is 5.27. The summed E-state index contributed by atoms with van der Waals surface area (Å²) in [5.41, 5.74) is 2.59. The first-order valence-electron chi connectivity index (χ1n) is 10.8. The number of hydrogen-bond donors (Lipinski definition) is 3. The molecule has 3 N–H and O–H groups in total. The minimum absolute atomic E-state index is 0.0194. The maximum Gasteiger partial charge on any atom is 0.269 e. The smallest absolute Gasteiger partial charge is 0.269 e. The number of carbonyl (C=O) groups is 1. The summed E-state index contributed by atoms with van der Waals surface area (Å²) in [6.45, 7) is 5.71. The molecule has 32 heavy (non-hydrogen) atoms. The lowest BCUT2D eigenvalue weighted by atomic mass is 9.65. The van der Waals surface area contributed by atoms with Gasteiger partial charge in [-0.15, -0.1) is 0 Å². The van der Waals surface area contributed by atoms with Gasteiger partial charge in [-0.2, -0.15) is 0 Å². The standard InChI is InChI=1S/C24H26ClN3O3S/c1-14-7-15(2)9-18(8-14)32(30,31)22-19-10-16(25)3-4-20(19)28-21(22)23(29)27-17-11-24(12-17)5-6-26-13-24/h3-4,7-10,17,26,28H,5-6,11-13H2,1-2H3,(H,27,29). The summed E-state index contributed by atoms with van der Waals surface area (Å²) < 4.78 is 27.5. The summed E-state index contributed by atoms with van der Waals surface area (Å²) in [6.07, 6.45) is 2.95. The largest absolute Gasteiger partial charge is 0.349 e. The van der Waals surface area contributed by atoms with Crippen LogP contribution in [0.2, 0.25) is 5.02 Å². The molecule has 1 amide bonds. The fourth-order valence-corrected chi connectivity index (χ4v) is 7.23. The van der Waals surface area contributed by atoms with Crippen LogP contribution >= 0.6 is 11.6 Å². The van der Waals surface area contributed by atoms with Gasteiger partial charge >= 0.3 is 0 Å². The molecule has 1 aliphatic heterocycles. The maximum atomic E-state index is 13.8. The van der Waals surface area contributed by atoms with Gasteiger partial charge in [0.15, 0.2) is 0 Å². The van der Waals surface area contributed by atoms with E-state index in [1.807, 2.05) is 19.9 Å². The van der Waals surface area contributed by atoms with Crippen molar-refractivity contribution in [3.8, 4) is 0 Å². The van der Waals surface area contributed by atoms with Crippen LogP contribution in [-0.4, -0.2) is 38.4 Å². The molecule has 3 aromatic rings. The SMILES string of the molecule is Cc1cc(C)cc(S(=O)(=O)c2c(C(=O)NC3CC4(CCNC4)C3)[nH]c3ccc(Cl)cc23)c1. The second kappa shape index (κ2) is 7.61. The number of aromatic amines is 1. The Kier molecular flexibility index (Phi) is 5.11. The first kappa shape index (κ1) is 21.5. The average Bonchev–Trinajstić information content (AvgIpc) is 3.32. The minimum atomic E-state index is -3.97. The third kappa shape index (κ3) is 3.62. The van der Waals surface area contributed by atoms with Gasteiger partial charge in [0.2, 0.25) is 9.84 Å². The van der Waals surface area contributed by atoms with Crippen molar-refractivity contribution in [3.63, 3.8) is 0 Å². The number of carbonyl (C=O) groups excluding carboxylic acids is 1. The lowest BCUT2D eigenvalue weighted by Gasteiger charge is -2.45. The highest BCUT2D eigenvalue weighted by molar-refractivity contribution is 7.91. The second-order valence-electron chi connectivity index (χ2n) is 9.35. The molecule has 1 spiro atoms. The van der Waals surface area contributed by atoms with E-state index < -0.39 is 15.7 Å². The Bertz CT molecular complexity index is 1310. The molecule has 2 fully saturated rings. The van der Waals surface area contributed by atoms with Crippen molar-refractivity contribution < 1.29 is 13.2 Å². The summed E-state index contributed by atoms with van der Waals surface area (Å²) in [7, 11) is -3.97. The van der Waals surface area contributed by atoms with Crippen LogP contribution in [0.15, 0.2) is 46.2 Å². The van der Waals surface area contributed by atoms with E-state index in [4.69, 9.17) is 11.6 Å². The van der Waals surface area contributed by atoms with Gasteiger partial charge in [-0.3, -0.25) is 4.79 Å². The Morgan fingerprint density at radius 2 is 1.84 bits per heavy atom. The van der Waals surface area contributed by atoms with Crippen molar-refractivity contribution >= 4 is 38.2 Å². The molecule has 6 nitrogen and oxygen atoms in total. The molecule has 0 unspecified atom stereocenters. The van der Waals surface area contributed by atoms with Crippen molar-refractivity contribution in [1.82, 2.24) is 15.6 Å². The molecular weight excluding hydrogens is 446 g/mol. The van der Waals surface area contributed by atoms with Crippen LogP contribution in [0.1, 0.15) is 40.9 Å². The van der Waals surface area contributed by atoms with Gasteiger partial charge in [0, 0.05) is 28.5 Å². The number of hydrogen-bond acceptors (Lipinski definition) is 4. The van der Waals surface area contributed by atoms with Gasteiger partial charge in [0.25, 0.3) is 5.91 Å². The monoisotopic (exact) mass is 471 g/mol. The van der Waals surface area contributed by atoms with E-state index in [1.54, 1.807) is 30.3 Å². The van der Waals surface area contributed by atoms with Crippen molar-refractivity contribution in [2.75, 3.05) is 13.1 Å². The van der Waals surface area contributed by atoms with E-state index in [9.17, 15) is 13.2 Å². The first-order chi connectivity index (χ1) is 15.2. The van der Waals surface area contributed by atoms with Crippen LogP contribution in [0, 0.1) is 19.3 Å². The highest BCUT2D eigenvalue weighted by Gasteiger charge is 2.46. The third-order valence-corrected chi connectivity index (χ3v) is 8.79. The lowest BCUT2D eigenvalue weighted by molar-refractivity contribution is 0.0744. The Hall–Kier alpha value is -2.35. The first-order valence-corrected chi connectivity index (χ1v) is 12.7. The number of H-pyrrole nitrogens is 1.